The van der Waals surface area contributed by atoms with Crippen LogP contribution < -0.4 is 9.47 Å². The van der Waals surface area contributed by atoms with Gasteiger partial charge in [0.15, 0.2) is 11.5 Å². The Bertz CT molecular complexity index is 440. The maximum Gasteiger partial charge on any atom is 0.163 e. The van der Waals surface area contributed by atoms with Gasteiger partial charge in [-0.2, -0.15) is 0 Å². The molecule has 70 valence electrons. The van der Waals surface area contributed by atoms with Gasteiger partial charge in [-0.05, 0) is 6.07 Å². The van der Waals surface area contributed by atoms with E-state index in [1.807, 2.05) is 12.1 Å². The maximum absolute atomic E-state index is 5.45. The van der Waals surface area contributed by atoms with Crippen molar-refractivity contribution in [3.05, 3.63) is 24.7 Å². The molecule has 0 N–H and O–H groups in total. The smallest absolute Gasteiger partial charge is 0.163 e. The number of ether oxygens (including phenoxy) is 2. The summed E-state index contributed by atoms with van der Waals surface area (Å²) in [4.78, 5) is 8.10. The van der Waals surface area contributed by atoms with Gasteiger partial charge in [-0.25, -0.2) is 9.97 Å². The molecule has 0 amide bonds. The molecule has 0 radical (unpaired) electrons. The molecule has 1 aliphatic rings. The van der Waals surface area contributed by atoms with Crippen molar-refractivity contribution in [2.45, 2.75) is 0 Å². The Kier molecular flexibility index (Phi) is 1.53. The Morgan fingerprint density at radius 3 is 2.71 bits per heavy atom. The minimum absolute atomic E-state index is 0.601. The summed E-state index contributed by atoms with van der Waals surface area (Å²) in [6.45, 7) is 1.20. The van der Waals surface area contributed by atoms with Crippen LogP contribution in [0.25, 0.3) is 10.9 Å². The summed E-state index contributed by atoms with van der Waals surface area (Å²) in [6, 6.07) is 3.79. The van der Waals surface area contributed by atoms with Crippen molar-refractivity contribution in [3.8, 4) is 11.5 Å². The van der Waals surface area contributed by atoms with Gasteiger partial charge in [-0.3, -0.25) is 0 Å². The van der Waals surface area contributed by atoms with E-state index < -0.39 is 0 Å². The van der Waals surface area contributed by atoms with E-state index in [0.717, 1.165) is 22.4 Å². The van der Waals surface area contributed by atoms with E-state index in [1.54, 1.807) is 6.20 Å². The fourth-order valence-corrected chi connectivity index (χ4v) is 1.52. The number of hydrogen-bond donors (Lipinski definition) is 0. The number of benzene rings is 1. The number of aromatic nitrogens is 2. The van der Waals surface area contributed by atoms with Gasteiger partial charge in [0, 0.05) is 17.6 Å². The molecule has 2 heterocycles. The van der Waals surface area contributed by atoms with Crippen molar-refractivity contribution in [2.24, 2.45) is 0 Å². The van der Waals surface area contributed by atoms with Crippen molar-refractivity contribution >= 4 is 10.9 Å². The molecule has 0 fully saturated rings. The summed E-state index contributed by atoms with van der Waals surface area (Å²) in [7, 11) is 0. The normalized spacial score (nSPS) is 14.3. The van der Waals surface area contributed by atoms with E-state index in [4.69, 9.17) is 9.47 Å². The van der Waals surface area contributed by atoms with Crippen LogP contribution in [0.3, 0.4) is 0 Å². The molecular formula is C10H8N2O2. The van der Waals surface area contributed by atoms with Gasteiger partial charge in [0.1, 0.15) is 19.5 Å². The number of fused-ring (bicyclic) bond motifs is 2. The molecule has 0 spiro atoms. The van der Waals surface area contributed by atoms with Crippen LogP contribution in [0.4, 0.5) is 0 Å². The van der Waals surface area contributed by atoms with Crippen LogP contribution in [0.5, 0.6) is 11.5 Å². The molecule has 0 saturated heterocycles. The zero-order chi connectivity index (χ0) is 9.38. The molecule has 4 heteroatoms. The van der Waals surface area contributed by atoms with Gasteiger partial charge in [0.2, 0.25) is 0 Å². The molecule has 0 atom stereocenters. The van der Waals surface area contributed by atoms with Crippen LogP contribution in [0.2, 0.25) is 0 Å². The van der Waals surface area contributed by atoms with Crippen molar-refractivity contribution in [3.63, 3.8) is 0 Å². The lowest BCUT2D eigenvalue weighted by Crippen LogP contribution is -2.15. The van der Waals surface area contributed by atoms with Crippen molar-refractivity contribution in [2.75, 3.05) is 13.2 Å². The lowest BCUT2D eigenvalue weighted by Gasteiger charge is -2.18. The summed E-state index contributed by atoms with van der Waals surface area (Å²) in [5.74, 6) is 1.54. The molecule has 0 bridgehead atoms. The molecule has 4 nitrogen and oxygen atoms in total. The van der Waals surface area contributed by atoms with E-state index >= 15 is 0 Å². The average Bonchev–Trinajstić information content (AvgIpc) is 2.26. The van der Waals surface area contributed by atoms with E-state index in [-0.39, 0.29) is 0 Å². The predicted octanol–water partition coefficient (Wildman–Crippen LogP) is 1.40. The summed E-state index contributed by atoms with van der Waals surface area (Å²) in [5.41, 5.74) is 0.879. The Labute approximate surface area is 80.5 Å². The minimum atomic E-state index is 0.601. The van der Waals surface area contributed by atoms with Gasteiger partial charge in [0.25, 0.3) is 0 Å². The first-order valence-corrected chi connectivity index (χ1v) is 4.43. The standard InChI is InChI=1S/C10H8N2O2/c1-2-14-10-4-8-7(3-9(10)13-1)5-11-6-12-8/h3-6H,1-2H2. The summed E-state index contributed by atoms with van der Waals surface area (Å²) < 4.78 is 10.9. The first-order chi connectivity index (χ1) is 6.93. The van der Waals surface area contributed by atoms with Crippen LogP contribution in [-0.2, 0) is 0 Å². The highest BCUT2D eigenvalue weighted by Crippen LogP contribution is 2.33. The largest absolute Gasteiger partial charge is 0.486 e. The maximum atomic E-state index is 5.45. The van der Waals surface area contributed by atoms with E-state index in [1.165, 1.54) is 6.33 Å². The second kappa shape index (κ2) is 2.83. The first kappa shape index (κ1) is 7.55. The quantitative estimate of drug-likeness (QED) is 0.626. The molecule has 0 aliphatic carbocycles. The zero-order valence-corrected chi connectivity index (χ0v) is 7.43. The third-order valence-electron chi connectivity index (χ3n) is 2.17. The van der Waals surface area contributed by atoms with Gasteiger partial charge >= 0.3 is 0 Å². The highest BCUT2D eigenvalue weighted by atomic mass is 16.6. The van der Waals surface area contributed by atoms with Gasteiger partial charge in [0.05, 0.1) is 5.52 Å². The van der Waals surface area contributed by atoms with Gasteiger partial charge in [-0.15, -0.1) is 0 Å². The highest BCUT2D eigenvalue weighted by molar-refractivity contribution is 5.81. The number of rotatable bonds is 0. The predicted molar refractivity (Wildman–Crippen MR) is 50.5 cm³/mol. The first-order valence-electron chi connectivity index (χ1n) is 4.43. The zero-order valence-electron chi connectivity index (χ0n) is 7.43. The molecule has 0 saturated carbocycles. The summed E-state index contributed by atoms with van der Waals surface area (Å²) >= 11 is 0. The molecule has 1 aliphatic heterocycles. The van der Waals surface area contributed by atoms with Crippen molar-refractivity contribution < 1.29 is 9.47 Å². The Morgan fingerprint density at radius 2 is 1.86 bits per heavy atom. The third kappa shape index (κ3) is 1.08. The molecule has 1 aromatic heterocycles. The molecule has 14 heavy (non-hydrogen) atoms. The molecule has 2 aromatic rings. The molecule has 3 rings (SSSR count). The second-order valence-electron chi connectivity index (χ2n) is 3.08. The van der Waals surface area contributed by atoms with E-state index in [0.29, 0.717) is 13.2 Å². The van der Waals surface area contributed by atoms with E-state index in [2.05, 4.69) is 9.97 Å². The molecule has 1 aromatic carbocycles. The Balaban J connectivity index is 2.27. The average molecular weight is 188 g/mol. The third-order valence-corrected chi connectivity index (χ3v) is 2.17. The summed E-state index contributed by atoms with van der Waals surface area (Å²) in [6.07, 6.45) is 3.29. The fraction of sp³-hybridized carbons (Fsp3) is 0.200. The van der Waals surface area contributed by atoms with Crippen LogP contribution in [0.1, 0.15) is 0 Å². The lowest BCUT2D eigenvalue weighted by molar-refractivity contribution is 0.172. The summed E-state index contributed by atoms with van der Waals surface area (Å²) in [5, 5.41) is 0.969. The van der Waals surface area contributed by atoms with Gasteiger partial charge < -0.3 is 9.47 Å². The SMILES string of the molecule is c1ncc2cc3c(cc2n1)OCCO3. The Hall–Kier alpha value is -1.84. The Morgan fingerprint density at radius 1 is 1.07 bits per heavy atom. The van der Waals surface area contributed by atoms with Crippen LogP contribution >= 0.6 is 0 Å². The highest BCUT2D eigenvalue weighted by Gasteiger charge is 2.12. The number of hydrogen-bond acceptors (Lipinski definition) is 4. The van der Waals surface area contributed by atoms with Gasteiger partial charge in [-0.1, -0.05) is 0 Å². The monoisotopic (exact) mass is 188 g/mol. The second-order valence-corrected chi connectivity index (χ2v) is 3.08. The van der Waals surface area contributed by atoms with Crippen molar-refractivity contribution in [1.29, 1.82) is 0 Å². The van der Waals surface area contributed by atoms with Crippen LogP contribution in [-0.4, -0.2) is 23.2 Å². The van der Waals surface area contributed by atoms with Crippen molar-refractivity contribution in [1.82, 2.24) is 9.97 Å². The van der Waals surface area contributed by atoms with Crippen LogP contribution in [0.15, 0.2) is 24.7 Å². The number of nitrogens with zero attached hydrogens (tertiary/aromatic N) is 2. The fourth-order valence-electron chi connectivity index (χ4n) is 1.52. The topological polar surface area (TPSA) is 44.2 Å². The minimum Gasteiger partial charge on any atom is -0.486 e. The lowest BCUT2D eigenvalue weighted by atomic mass is 10.2. The van der Waals surface area contributed by atoms with Crippen LogP contribution in [0, 0.1) is 0 Å². The van der Waals surface area contributed by atoms with E-state index in [9.17, 15) is 0 Å². The molecular weight excluding hydrogens is 180 g/mol. The molecule has 0 unspecified atom stereocenters.